The number of carbonyl (C=O) groups excluding carboxylic acids is 1. The van der Waals surface area contributed by atoms with E-state index in [1.807, 2.05) is 36.4 Å². The number of amides is 1. The van der Waals surface area contributed by atoms with Gasteiger partial charge in [-0.05, 0) is 77.9 Å². The van der Waals surface area contributed by atoms with Crippen LogP contribution < -0.4 is 11.0 Å². The number of benzene rings is 1. The molecule has 11 heteroatoms. The minimum absolute atomic E-state index is 0.126. The van der Waals surface area contributed by atoms with Gasteiger partial charge in [0.15, 0.2) is 0 Å². The number of pyridine rings is 2. The van der Waals surface area contributed by atoms with Crippen molar-refractivity contribution in [1.29, 1.82) is 0 Å². The first kappa shape index (κ1) is 25.5. The van der Waals surface area contributed by atoms with Crippen LogP contribution in [0.15, 0.2) is 64.1 Å². The lowest BCUT2D eigenvalue weighted by atomic mass is 9.85. The van der Waals surface area contributed by atoms with Gasteiger partial charge >= 0.3 is 5.69 Å². The Hall–Kier alpha value is -3.11. The lowest BCUT2D eigenvalue weighted by Gasteiger charge is -2.29. The maximum atomic E-state index is 13.5. The van der Waals surface area contributed by atoms with Gasteiger partial charge in [-0.3, -0.25) is 14.3 Å². The van der Waals surface area contributed by atoms with Gasteiger partial charge in [-0.1, -0.05) is 29.8 Å². The van der Waals surface area contributed by atoms with E-state index < -0.39 is 18.0 Å². The van der Waals surface area contributed by atoms with Crippen molar-refractivity contribution in [1.82, 2.24) is 24.4 Å². The molecule has 0 unspecified atom stereocenters. The summed E-state index contributed by atoms with van der Waals surface area (Å²) in [4.78, 5) is 34.3. The van der Waals surface area contributed by atoms with Crippen LogP contribution in [0.5, 0.6) is 0 Å². The van der Waals surface area contributed by atoms with E-state index in [1.54, 1.807) is 15.2 Å². The summed E-state index contributed by atoms with van der Waals surface area (Å²) >= 11 is 9.26. The second-order valence-corrected chi connectivity index (χ2v) is 10.4. The van der Waals surface area contributed by atoms with Gasteiger partial charge < -0.3 is 5.32 Å². The summed E-state index contributed by atoms with van der Waals surface area (Å²) in [7, 11) is 0. The van der Waals surface area contributed by atoms with Gasteiger partial charge in [-0.2, -0.15) is 0 Å². The first-order chi connectivity index (χ1) is 17.8. The van der Waals surface area contributed by atoms with Crippen LogP contribution in [0.3, 0.4) is 0 Å². The predicted molar refractivity (Wildman–Crippen MR) is 140 cm³/mol. The maximum absolute atomic E-state index is 13.5. The number of imidazole rings is 1. The first-order valence-electron chi connectivity index (χ1n) is 11.9. The summed E-state index contributed by atoms with van der Waals surface area (Å²) in [6.07, 6.45) is 1.14. The van der Waals surface area contributed by atoms with E-state index in [9.17, 15) is 18.4 Å². The van der Waals surface area contributed by atoms with Gasteiger partial charge in [0, 0.05) is 18.8 Å². The zero-order valence-corrected chi connectivity index (χ0v) is 21.9. The Labute approximate surface area is 224 Å². The maximum Gasteiger partial charge on any atom is 0.334 e. The van der Waals surface area contributed by atoms with Crippen molar-refractivity contribution in [3.05, 3.63) is 86.1 Å². The zero-order valence-electron chi connectivity index (χ0n) is 19.6. The van der Waals surface area contributed by atoms with E-state index >= 15 is 0 Å². The number of nitrogens with zero attached hydrogens (tertiary/aromatic N) is 4. The second-order valence-electron chi connectivity index (χ2n) is 9.11. The number of hydrogen-bond donors (Lipinski definition) is 1. The van der Waals surface area contributed by atoms with E-state index in [2.05, 4.69) is 31.2 Å². The minimum Gasteiger partial charge on any atom is -0.349 e. The number of rotatable bonds is 6. The van der Waals surface area contributed by atoms with Gasteiger partial charge in [0.25, 0.3) is 12.3 Å². The van der Waals surface area contributed by atoms with Crippen LogP contribution in [0.1, 0.15) is 48.2 Å². The summed E-state index contributed by atoms with van der Waals surface area (Å²) in [5.74, 6) is 0.166. The molecule has 1 aliphatic carbocycles. The molecule has 5 rings (SSSR count). The van der Waals surface area contributed by atoms with Crippen molar-refractivity contribution in [3.8, 4) is 5.82 Å². The summed E-state index contributed by atoms with van der Waals surface area (Å²) in [5, 5.41) is 2.98. The molecule has 1 aromatic carbocycles. The molecule has 7 nitrogen and oxygen atoms in total. The van der Waals surface area contributed by atoms with Crippen molar-refractivity contribution < 1.29 is 13.6 Å². The first-order valence-corrected chi connectivity index (χ1v) is 13.1. The summed E-state index contributed by atoms with van der Waals surface area (Å²) in [6.45, 7) is 0.536. The molecule has 0 spiro atoms. The van der Waals surface area contributed by atoms with Crippen LogP contribution in [0.25, 0.3) is 16.9 Å². The number of fused-ring (bicyclic) bond motifs is 1. The lowest BCUT2D eigenvalue weighted by Crippen LogP contribution is -2.39. The number of carbonyl (C=O) groups is 1. The summed E-state index contributed by atoms with van der Waals surface area (Å²) < 4.78 is 30.7. The predicted octanol–water partition coefficient (Wildman–Crippen LogP) is 5.92. The summed E-state index contributed by atoms with van der Waals surface area (Å²) in [5.41, 5.74) is 0.674. The van der Waals surface area contributed by atoms with Crippen molar-refractivity contribution in [3.63, 3.8) is 0 Å². The van der Waals surface area contributed by atoms with E-state index in [-0.39, 0.29) is 28.2 Å². The molecule has 37 heavy (non-hydrogen) atoms. The average Bonchev–Trinajstić information content (AvgIpc) is 3.16. The normalized spacial score (nSPS) is 17.9. The number of aromatic nitrogens is 4. The van der Waals surface area contributed by atoms with Crippen molar-refractivity contribution >= 4 is 44.5 Å². The molecule has 1 saturated carbocycles. The molecule has 0 saturated heterocycles. The fourth-order valence-electron chi connectivity index (χ4n) is 4.94. The van der Waals surface area contributed by atoms with Gasteiger partial charge in [-0.25, -0.2) is 23.1 Å². The number of halogens is 4. The molecular formula is C26H23BrClF2N5O2. The highest BCUT2D eigenvalue weighted by molar-refractivity contribution is 9.10. The Kier molecular flexibility index (Phi) is 7.39. The largest absolute Gasteiger partial charge is 0.349 e. The van der Waals surface area contributed by atoms with E-state index in [4.69, 9.17) is 11.6 Å². The van der Waals surface area contributed by atoms with Crippen molar-refractivity contribution in [2.45, 2.75) is 44.7 Å². The topological polar surface area (TPSA) is 81.8 Å². The fraction of sp³-hybridized carbons (Fsp3) is 0.308. The molecule has 0 atom stereocenters. The molecule has 0 aliphatic heterocycles. The lowest BCUT2D eigenvalue weighted by molar-refractivity contribution is 0.0904. The van der Waals surface area contributed by atoms with Crippen LogP contribution in [0.2, 0.25) is 5.02 Å². The Balaban J connectivity index is 1.30. The highest BCUT2D eigenvalue weighted by Gasteiger charge is 2.27. The van der Waals surface area contributed by atoms with Gasteiger partial charge in [0.05, 0.1) is 21.6 Å². The minimum atomic E-state index is -2.87. The SMILES string of the molecule is O=C(N[C@H]1CC[C@H](Cn2c(=O)n(-c3cccc(Br)n3)c3ccccc32)CC1)c1cc(Cl)cnc1C(F)F. The van der Waals surface area contributed by atoms with Gasteiger partial charge in [-0.15, -0.1) is 0 Å². The molecule has 3 heterocycles. The molecule has 0 bridgehead atoms. The third kappa shape index (κ3) is 5.31. The molecular weight excluding hydrogens is 568 g/mol. The molecule has 192 valence electrons. The molecule has 3 aromatic heterocycles. The van der Waals surface area contributed by atoms with Crippen LogP contribution in [-0.2, 0) is 6.54 Å². The third-order valence-corrected chi connectivity index (χ3v) is 7.37. The quantitative estimate of drug-likeness (QED) is 0.283. The van der Waals surface area contributed by atoms with Crippen LogP contribution in [-0.4, -0.2) is 31.1 Å². The monoisotopic (exact) mass is 589 g/mol. The van der Waals surface area contributed by atoms with E-state index in [0.717, 1.165) is 30.1 Å². The Morgan fingerprint density at radius 1 is 1.11 bits per heavy atom. The smallest absolute Gasteiger partial charge is 0.334 e. The Bertz CT molecular complexity index is 1510. The van der Waals surface area contributed by atoms with E-state index in [0.29, 0.717) is 29.8 Å². The Morgan fingerprint density at radius 3 is 2.54 bits per heavy atom. The highest BCUT2D eigenvalue weighted by atomic mass is 79.9. The molecule has 4 aromatic rings. The summed E-state index contributed by atoms with van der Waals surface area (Å²) in [6, 6.07) is 14.1. The van der Waals surface area contributed by atoms with Crippen LogP contribution in [0, 0.1) is 5.92 Å². The molecule has 1 amide bonds. The molecule has 0 radical (unpaired) electrons. The van der Waals surface area contributed by atoms with Crippen molar-refractivity contribution in [2.24, 2.45) is 5.92 Å². The molecule has 1 N–H and O–H groups in total. The average molecular weight is 591 g/mol. The zero-order chi connectivity index (χ0) is 26.1. The Morgan fingerprint density at radius 2 is 1.84 bits per heavy atom. The van der Waals surface area contributed by atoms with Crippen LogP contribution in [0.4, 0.5) is 8.78 Å². The van der Waals surface area contributed by atoms with Crippen molar-refractivity contribution in [2.75, 3.05) is 0 Å². The van der Waals surface area contributed by atoms with Gasteiger partial charge in [0.2, 0.25) is 0 Å². The molecule has 1 aliphatic rings. The van der Waals surface area contributed by atoms with Crippen LogP contribution >= 0.6 is 27.5 Å². The van der Waals surface area contributed by atoms with E-state index in [1.165, 1.54) is 6.07 Å². The number of nitrogens with one attached hydrogen (secondary N) is 1. The molecule has 1 fully saturated rings. The number of para-hydroxylation sites is 2. The third-order valence-electron chi connectivity index (χ3n) is 6.72. The fourth-order valence-corrected chi connectivity index (χ4v) is 5.44. The standard InChI is InChI=1S/C26H23BrClF2N5O2/c27-21-6-3-7-22(33-21)35-20-5-2-1-4-19(20)34(26(35)37)14-15-8-10-17(11-9-15)32-25(36)18-12-16(28)13-31-23(18)24(29)30/h1-7,12-13,15,17,24H,8-11,14H2,(H,32,36)/t15-,17-. The highest BCUT2D eigenvalue weighted by Crippen LogP contribution is 2.29. The second kappa shape index (κ2) is 10.7. The number of hydrogen-bond acceptors (Lipinski definition) is 4. The van der Waals surface area contributed by atoms with Gasteiger partial charge in [0.1, 0.15) is 16.1 Å². The number of alkyl halides is 2.